The van der Waals surface area contributed by atoms with Gasteiger partial charge in [0, 0.05) is 19.6 Å². The van der Waals surface area contributed by atoms with E-state index in [1.807, 2.05) is 12.1 Å². The lowest BCUT2D eigenvalue weighted by molar-refractivity contribution is 0.00518. The molecule has 0 saturated carbocycles. The Morgan fingerprint density at radius 1 is 1.50 bits per heavy atom. The minimum absolute atomic E-state index is 0.138. The van der Waals surface area contributed by atoms with E-state index >= 15 is 0 Å². The SMILES string of the molecule is COc1ccc(CCN2CCOC(/C(N)=N/O)C2)cc1. The van der Waals surface area contributed by atoms with E-state index in [4.69, 9.17) is 20.4 Å². The summed E-state index contributed by atoms with van der Waals surface area (Å²) in [6.45, 7) is 3.05. The Labute approximate surface area is 118 Å². The van der Waals surface area contributed by atoms with Gasteiger partial charge >= 0.3 is 0 Å². The van der Waals surface area contributed by atoms with Gasteiger partial charge in [0.2, 0.25) is 0 Å². The van der Waals surface area contributed by atoms with E-state index in [9.17, 15) is 0 Å². The summed E-state index contributed by atoms with van der Waals surface area (Å²) in [6, 6.07) is 8.07. The van der Waals surface area contributed by atoms with Crippen LogP contribution in [0.3, 0.4) is 0 Å². The Balaban J connectivity index is 1.83. The predicted octanol–water partition coefficient (Wildman–Crippen LogP) is 0.685. The number of nitrogens with two attached hydrogens (primary N) is 1. The van der Waals surface area contributed by atoms with Crippen molar-refractivity contribution in [1.29, 1.82) is 0 Å². The molecular weight excluding hydrogens is 258 g/mol. The molecule has 6 nitrogen and oxygen atoms in total. The van der Waals surface area contributed by atoms with Crippen molar-refractivity contribution in [3.8, 4) is 5.75 Å². The van der Waals surface area contributed by atoms with Crippen molar-refractivity contribution >= 4 is 5.84 Å². The number of oxime groups is 1. The third-order valence-corrected chi connectivity index (χ3v) is 3.47. The summed E-state index contributed by atoms with van der Waals surface area (Å²) in [5, 5.41) is 11.7. The topological polar surface area (TPSA) is 80.3 Å². The highest BCUT2D eigenvalue weighted by atomic mass is 16.5. The number of ether oxygens (including phenoxy) is 2. The molecule has 0 bridgehead atoms. The van der Waals surface area contributed by atoms with E-state index in [1.165, 1.54) is 5.56 Å². The Morgan fingerprint density at radius 2 is 2.25 bits per heavy atom. The molecule has 20 heavy (non-hydrogen) atoms. The maximum atomic E-state index is 8.68. The van der Waals surface area contributed by atoms with Crippen molar-refractivity contribution in [2.24, 2.45) is 10.9 Å². The van der Waals surface area contributed by atoms with Crippen LogP contribution < -0.4 is 10.5 Å². The second kappa shape index (κ2) is 7.12. The van der Waals surface area contributed by atoms with Crippen LogP contribution in [-0.4, -0.2) is 55.4 Å². The van der Waals surface area contributed by atoms with Gasteiger partial charge in [-0.25, -0.2) is 0 Å². The number of benzene rings is 1. The van der Waals surface area contributed by atoms with E-state index < -0.39 is 0 Å². The zero-order chi connectivity index (χ0) is 14.4. The summed E-state index contributed by atoms with van der Waals surface area (Å²) < 4.78 is 10.6. The highest BCUT2D eigenvalue weighted by Crippen LogP contribution is 2.13. The lowest BCUT2D eigenvalue weighted by Gasteiger charge is -2.32. The molecule has 0 aromatic heterocycles. The largest absolute Gasteiger partial charge is 0.497 e. The van der Waals surface area contributed by atoms with E-state index in [2.05, 4.69) is 22.2 Å². The smallest absolute Gasteiger partial charge is 0.169 e. The molecule has 1 atom stereocenters. The molecule has 3 N–H and O–H groups in total. The van der Waals surface area contributed by atoms with Gasteiger partial charge in [0.1, 0.15) is 11.9 Å². The van der Waals surface area contributed by atoms with Crippen molar-refractivity contribution in [2.75, 3.05) is 33.4 Å². The molecule has 1 aromatic carbocycles. The molecule has 110 valence electrons. The summed E-state index contributed by atoms with van der Waals surface area (Å²) in [4.78, 5) is 2.26. The van der Waals surface area contributed by atoms with Crippen LogP contribution in [0.15, 0.2) is 29.4 Å². The zero-order valence-corrected chi connectivity index (χ0v) is 11.7. The lowest BCUT2D eigenvalue weighted by atomic mass is 10.1. The van der Waals surface area contributed by atoms with Crippen LogP contribution >= 0.6 is 0 Å². The summed E-state index contributed by atoms with van der Waals surface area (Å²) in [5.41, 5.74) is 6.85. The molecule has 1 saturated heterocycles. The van der Waals surface area contributed by atoms with Crippen LogP contribution in [-0.2, 0) is 11.2 Å². The Morgan fingerprint density at radius 3 is 2.90 bits per heavy atom. The van der Waals surface area contributed by atoms with Crippen molar-refractivity contribution in [1.82, 2.24) is 4.90 Å². The van der Waals surface area contributed by atoms with Crippen molar-refractivity contribution in [3.63, 3.8) is 0 Å². The fourth-order valence-corrected chi connectivity index (χ4v) is 2.23. The first-order chi connectivity index (χ1) is 9.72. The van der Waals surface area contributed by atoms with Gasteiger partial charge in [-0.05, 0) is 24.1 Å². The summed E-state index contributed by atoms with van der Waals surface area (Å²) >= 11 is 0. The lowest BCUT2D eigenvalue weighted by Crippen LogP contribution is -2.48. The Bertz CT molecular complexity index is 447. The van der Waals surface area contributed by atoms with Gasteiger partial charge < -0.3 is 20.4 Å². The Hall–Kier alpha value is -1.79. The average Bonchev–Trinajstić information content (AvgIpc) is 2.53. The van der Waals surface area contributed by atoms with Crippen LogP contribution in [0.2, 0.25) is 0 Å². The number of nitrogens with zero attached hydrogens (tertiary/aromatic N) is 2. The van der Waals surface area contributed by atoms with Gasteiger partial charge in [0.15, 0.2) is 5.84 Å². The monoisotopic (exact) mass is 279 g/mol. The van der Waals surface area contributed by atoms with Crippen molar-refractivity contribution in [3.05, 3.63) is 29.8 Å². The van der Waals surface area contributed by atoms with E-state index in [0.717, 1.165) is 25.3 Å². The summed E-state index contributed by atoms with van der Waals surface area (Å²) in [6.07, 6.45) is 0.636. The zero-order valence-electron chi connectivity index (χ0n) is 11.7. The van der Waals surface area contributed by atoms with Crippen LogP contribution in [0.25, 0.3) is 0 Å². The van der Waals surface area contributed by atoms with Crippen LogP contribution in [0, 0.1) is 0 Å². The van der Waals surface area contributed by atoms with E-state index in [0.29, 0.717) is 13.2 Å². The first-order valence-electron chi connectivity index (χ1n) is 6.67. The van der Waals surface area contributed by atoms with E-state index in [-0.39, 0.29) is 11.9 Å². The first kappa shape index (κ1) is 14.6. The van der Waals surface area contributed by atoms with Gasteiger partial charge in [-0.1, -0.05) is 17.3 Å². The maximum Gasteiger partial charge on any atom is 0.169 e. The van der Waals surface area contributed by atoms with Gasteiger partial charge in [-0.2, -0.15) is 0 Å². The number of rotatable bonds is 5. The van der Waals surface area contributed by atoms with Gasteiger partial charge in [-0.15, -0.1) is 0 Å². The fourth-order valence-electron chi connectivity index (χ4n) is 2.23. The molecule has 1 aliphatic heterocycles. The Kier molecular flexibility index (Phi) is 5.20. The minimum atomic E-state index is -0.315. The van der Waals surface area contributed by atoms with Crippen LogP contribution in [0.1, 0.15) is 5.56 Å². The molecule has 1 aromatic rings. The molecule has 1 heterocycles. The molecule has 2 rings (SSSR count). The number of methoxy groups -OCH3 is 1. The number of morpholine rings is 1. The molecule has 0 spiro atoms. The quantitative estimate of drug-likeness (QED) is 0.359. The second-order valence-electron chi connectivity index (χ2n) is 4.78. The molecule has 0 amide bonds. The van der Waals surface area contributed by atoms with Gasteiger partial charge in [0.05, 0.1) is 13.7 Å². The van der Waals surface area contributed by atoms with Gasteiger partial charge in [0.25, 0.3) is 0 Å². The highest BCUT2D eigenvalue weighted by molar-refractivity contribution is 5.84. The average molecular weight is 279 g/mol. The highest BCUT2D eigenvalue weighted by Gasteiger charge is 2.23. The molecule has 1 aliphatic rings. The molecular formula is C14H21N3O3. The van der Waals surface area contributed by atoms with E-state index in [1.54, 1.807) is 7.11 Å². The summed E-state index contributed by atoms with van der Waals surface area (Å²) in [7, 11) is 1.66. The third-order valence-electron chi connectivity index (χ3n) is 3.47. The normalized spacial score (nSPS) is 20.9. The van der Waals surface area contributed by atoms with Crippen molar-refractivity contribution in [2.45, 2.75) is 12.5 Å². The molecule has 0 radical (unpaired) electrons. The number of hydrogen-bond acceptors (Lipinski definition) is 5. The number of amidine groups is 1. The van der Waals surface area contributed by atoms with Crippen LogP contribution in [0.4, 0.5) is 0 Å². The fraction of sp³-hybridized carbons (Fsp3) is 0.500. The first-order valence-corrected chi connectivity index (χ1v) is 6.67. The standard InChI is InChI=1S/C14H21N3O3/c1-19-12-4-2-11(3-5-12)6-7-17-8-9-20-13(10-17)14(15)16-18/h2-5,13,18H,6-10H2,1H3,(H2,15,16). The van der Waals surface area contributed by atoms with Gasteiger partial charge in [-0.3, -0.25) is 4.90 Å². The minimum Gasteiger partial charge on any atom is -0.497 e. The predicted molar refractivity (Wildman–Crippen MR) is 76.3 cm³/mol. The van der Waals surface area contributed by atoms with Crippen molar-refractivity contribution < 1.29 is 14.7 Å². The molecule has 1 fully saturated rings. The molecule has 0 aliphatic carbocycles. The maximum absolute atomic E-state index is 8.68. The second-order valence-corrected chi connectivity index (χ2v) is 4.78. The molecule has 1 unspecified atom stereocenters. The van der Waals surface area contributed by atoms with Crippen LogP contribution in [0.5, 0.6) is 5.75 Å². The number of hydrogen-bond donors (Lipinski definition) is 2. The summed E-state index contributed by atoms with van der Waals surface area (Å²) in [5.74, 6) is 1.01. The molecule has 6 heteroatoms. The third kappa shape index (κ3) is 3.85.